The van der Waals surface area contributed by atoms with Crippen LogP contribution >= 0.6 is 0 Å². The fourth-order valence-corrected chi connectivity index (χ4v) is 8.14. The van der Waals surface area contributed by atoms with Gasteiger partial charge < -0.3 is 9.32 Å². The molecule has 1 aliphatic carbocycles. The first-order valence-electron chi connectivity index (χ1n) is 16.2. The molecule has 8 aromatic carbocycles. The van der Waals surface area contributed by atoms with Gasteiger partial charge in [-0.05, 0) is 86.3 Å². The van der Waals surface area contributed by atoms with Gasteiger partial charge in [0.05, 0.1) is 5.41 Å². The van der Waals surface area contributed by atoms with E-state index in [-0.39, 0.29) is 0 Å². The minimum Gasteiger partial charge on any atom is -0.456 e. The van der Waals surface area contributed by atoms with Gasteiger partial charge in [0.2, 0.25) is 0 Å². The molecule has 47 heavy (non-hydrogen) atoms. The normalized spacial score (nSPS) is 13.3. The second-order valence-electron chi connectivity index (χ2n) is 12.5. The Morgan fingerprint density at radius 2 is 0.936 bits per heavy atom. The SMILES string of the molecule is c1ccc(N(c2ccc(C3(c4ccccc4)c4cccc5ccc6cccc3c6c45)cc2)c2ccc3c(c2)oc2ccccc23)cc1. The zero-order valence-corrected chi connectivity index (χ0v) is 25.6. The molecule has 0 amide bonds. The van der Waals surface area contributed by atoms with Gasteiger partial charge in [-0.15, -0.1) is 0 Å². The molecule has 10 rings (SSSR count). The lowest BCUT2D eigenvalue weighted by atomic mass is 9.67. The largest absolute Gasteiger partial charge is 0.456 e. The van der Waals surface area contributed by atoms with E-state index in [4.69, 9.17) is 4.42 Å². The maximum Gasteiger partial charge on any atom is 0.137 e. The Labute approximate surface area is 272 Å². The molecule has 2 heteroatoms. The third-order valence-electron chi connectivity index (χ3n) is 10.1. The lowest BCUT2D eigenvalue weighted by Crippen LogP contribution is -2.28. The molecule has 0 bridgehead atoms. The number of benzene rings is 8. The van der Waals surface area contributed by atoms with E-state index in [1.165, 1.54) is 43.8 Å². The third-order valence-corrected chi connectivity index (χ3v) is 10.1. The Balaban J connectivity index is 1.18. The molecular formula is C45H29NO. The van der Waals surface area contributed by atoms with E-state index < -0.39 is 5.41 Å². The summed E-state index contributed by atoms with van der Waals surface area (Å²) in [7, 11) is 0. The summed E-state index contributed by atoms with van der Waals surface area (Å²) < 4.78 is 6.32. The van der Waals surface area contributed by atoms with Crippen molar-refractivity contribution < 1.29 is 4.42 Å². The molecule has 0 atom stereocenters. The van der Waals surface area contributed by atoms with Gasteiger partial charge in [-0.25, -0.2) is 0 Å². The van der Waals surface area contributed by atoms with Crippen molar-refractivity contribution in [1.29, 1.82) is 0 Å². The average molecular weight is 600 g/mol. The molecule has 0 spiro atoms. The van der Waals surface area contributed by atoms with Crippen LogP contribution in [0.4, 0.5) is 17.1 Å². The highest BCUT2D eigenvalue weighted by Gasteiger charge is 2.44. The van der Waals surface area contributed by atoms with Crippen molar-refractivity contribution in [3.63, 3.8) is 0 Å². The highest BCUT2D eigenvalue weighted by molar-refractivity contribution is 6.16. The summed E-state index contributed by atoms with van der Waals surface area (Å²) in [5, 5.41) is 7.55. The summed E-state index contributed by atoms with van der Waals surface area (Å²) in [6, 6.07) is 63.8. The highest BCUT2D eigenvalue weighted by Crippen LogP contribution is 2.56. The molecule has 0 saturated heterocycles. The van der Waals surface area contributed by atoms with Crippen LogP contribution in [-0.4, -0.2) is 0 Å². The molecule has 0 radical (unpaired) electrons. The van der Waals surface area contributed by atoms with Crippen molar-refractivity contribution in [2.45, 2.75) is 5.41 Å². The van der Waals surface area contributed by atoms with Crippen LogP contribution in [0.15, 0.2) is 180 Å². The molecule has 0 fully saturated rings. The van der Waals surface area contributed by atoms with Gasteiger partial charge in [0.15, 0.2) is 0 Å². The van der Waals surface area contributed by atoms with Gasteiger partial charge in [-0.1, -0.05) is 127 Å². The van der Waals surface area contributed by atoms with Gasteiger partial charge >= 0.3 is 0 Å². The summed E-state index contributed by atoms with van der Waals surface area (Å²) in [5.41, 5.74) is 9.81. The number of hydrogen-bond acceptors (Lipinski definition) is 2. The monoisotopic (exact) mass is 599 g/mol. The Morgan fingerprint density at radius 1 is 0.383 bits per heavy atom. The van der Waals surface area contributed by atoms with Crippen LogP contribution in [0.5, 0.6) is 0 Å². The predicted molar refractivity (Wildman–Crippen MR) is 195 cm³/mol. The van der Waals surface area contributed by atoms with Crippen LogP contribution in [0.3, 0.4) is 0 Å². The topological polar surface area (TPSA) is 16.4 Å². The zero-order chi connectivity index (χ0) is 31.0. The summed E-state index contributed by atoms with van der Waals surface area (Å²) in [6.07, 6.45) is 0. The molecule has 0 unspecified atom stereocenters. The van der Waals surface area contributed by atoms with E-state index in [9.17, 15) is 0 Å². The zero-order valence-electron chi connectivity index (χ0n) is 25.6. The van der Waals surface area contributed by atoms with E-state index in [1.807, 2.05) is 12.1 Å². The molecule has 0 saturated carbocycles. The van der Waals surface area contributed by atoms with E-state index in [1.54, 1.807) is 0 Å². The number of fused-ring (bicyclic) bond motifs is 3. The lowest BCUT2D eigenvalue weighted by Gasteiger charge is -2.35. The maximum absolute atomic E-state index is 6.32. The summed E-state index contributed by atoms with van der Waals surface area (Å²) in [6.45, 7) is 0. The first-order chi connectivity index (χ1) is 23.3. The lowest BCUT2D eigenvalue weighted by molar-refractivity contribution is 0.669. The number of furan rings is 1. The second-order valence-corrected chi connectivity index (χ2v) is 12.5. The van der Waals surface area contributed by atoms with Crippen molar-refractivity contribution in [3.8, 4) is 0 Å². The van der Waals surface area contributed by atoms with Gasteiger partial charge in [0.1, 0.15) is 11.2 Å². The smallest absolute Gasteiger partial charge is 0.137 e. The van der Waals surface area contributed by atoms with Crippen molar-refractivity contribution in [2.24, 2.45) is 0 Å². The minimum atomic E-state index is -0.437. The van der Waals surface area contributed by atoms with Crippen molar-refractivity contribution in [1.82, 2.24) is 0 Å². The summed E-state index contributed by atoms with van der Waals surface area (Å²) in [4.78, 5) is 2.32. The van der Waals surface area contributed by atoms with E-state index in [0.717, 1.165) is 39.0 Å². The number of para-hydroxylation sites is 2. The van der Waals surface area contributed by atoms with E-state index in [2.05, 4.69) is 169 Å². The standard InChI is InChI=1S/C45H29NO/c1-3-13-32(14-4-1)45(39-18-9-11-30-21-22-31-12-10-19-40(45)44(31)43(30)39)33-23-25-35(26-24-33)46(34-15-5-2-6-16-34)36-27-28-38-37-17-7-8-20-41(37)47-42(38)29-36/h1-29H. The predicted octanol–water partition coefficient (Wildman–Crippen LogP) is 12.1. The van der Waals surface area contributed by atoms with Gasteiger partial charge in [0, 0.05) is 33.9 Å². The van der Waals surface area contributed by atoms with Gasteiger partial charge in [0.25, 0.3) is 0 Å². The van der Waals surface area contributed by atoms with Crippen LogP contribution in [0.1, 0.15) is 22.3 Å². The van der Waals surface area contributed by atoms with Crippen molar-refractivity contribution >= 4 is 60.5 Å². The first kappa shape index (κ1) is 26.1. The quantitative estimate of drug-likeness (QED) is 0.183. The second kappa shape index (κ2) is 9.94. The molecule has 0 aliphatic heterocycles. The molecule has 0 N–H and O–H groups in total. The van der Waals surface area contributed by atoms with E-state index in [0.29, 0.717) is 0 Å². The molecule has 2 nitrogen and oxygen atoms in total. The fourth-order valence-electron chi connectivity index (χ4n) is 8.14. The molecule has 1 aromatic heterocycles. The Bertz CT molecular complexity index is 2550. The molecule has 1 aliphatic rings. The van der Waals surface area contributed by atoms with Crippen LogP contribution in [0.2, 0.25) is 0 Å². The number of nitrogens with zero attached hydrogens (tertiary/aromatic N) is 1. The Hall–Kier alpha value is -6.12. The van der Waals surface area contributed by atoms with Crippen LogP contribution < -0.4 is 4.90 Å². The van der Waals surface area contributed by atoms with Crippen molar-refractivity contribution in [3.05, 3.63) is 198 Å². The summed E-state index contributed by atoms with van der Waals surface area (Å²) >= 11 is 0. The average Bonchev–Trinajstić information content (AvgIpc) is 3.66. The molecular weight excluding hydrogens is 571 g/mol. The first-order valence-corrected chi connectivity index (χ1v) is 16.2. The highest BCUT2D eigenvalue weighted by atomic mass is 16.3. The third kappa shape index (κ3) is 3.67. The minimum absolute atomic E-state index is 0.437. The Kier molecular flexibility index (Phi) is 5.53. The maximum atomic E-state index is 6.32. The van der Waals surface area contributed by atoms with Crippen molar-refractivity contribution in [2.75, 3.05) is 4.90 Å². The van der Waals surface area contributed by atoms with Crippen LogP contribution in [-0.2, 0) is 5.41 Å². The summed E-state index contributed by atoms with van der Waals surface area (Å²) in [5.74, 6) is 0. The van der Waals surface area contributed by atoms with Gasteiger partial charge in [-0.2, -0.15) is 0 Å². The van der Waals surface area contributed by atoms with E-state index >= 15 is 0 Å². The Morgan fingerprint density at radius 3 is 1.64 bits per heavy atom. The number of hydrogen-bond donors (Lipinski definition) is 0. The van der Waals surface area contributed by atoms with Crippen LogP contribution in [0, 0.1) is 0 Å². The fraction of sp³-hybridized carbons (Fsp3) is 0.0222. The molecule has 9 aromatic rings. The molecule has 220 valence electrons. The number of anilines is 3. The van der Waals surface area contributed by atoms with Crippen LogP contribution in [0.25, 0.3) is 43.5 Å². The van der Waals surface area contributed by atoms with Gasteiger partial charge in [-0.3, -0.25) is 0 Å². The molecule has 1 heterocycles. The number of rotatable bonds is 5.